The highest BCUT2D eigenvalue weighted by Gasteiger charge is 2.30. The van der Waals surface area contributed by atoms with Crippen molar-refractivity contribution in [3.05, 3.63) is 91.6 Å². The third-order valence-corrected chi connectivity index (χ3v) is 5.47. The van der Waals surface area contributed by atoms with Gasteiger partial charge in [0, 0.05) is 23.6 Å². The summed E-state index contributed by atoms with van der Waals surface area (Å²) >= 11 is 7.68. The molecule has 26 heavy (non-hydrogen) atoms. The maximum Gasteiger partial charge on any atom is 0.269 e. The normalized spacial score (nSPS) is 16.6. The number of rotatable bonds is 4. The molecule has 4 rings (SSSR count). The van der Waals surface area contributed by atoms with Crippen LogP contribution in [0.5, 0.6) is 0 Å². The van der Waals surface area contributed by atoms with Gasteiger partial charge in [0.15, 0.2) is 0 Å². The highest BCUT2D eigenvalue weighted by atomic mass is 35.5. The van der Waals surface area contributed by atoms with Crippen LogP contribution in [0.1, 0.15) is 22.9 Å². The third-order valence-electron chi connectivity index (χ3n) is 4.30. The van der Waals surface area contributed by atoms with Crippen LogP contribution in [0.2, 0.25) is 5.02 Å². The molecule has 0 saturated heterocycles. The molecule has 0 saturated carbocycles. The van der Waals surface area contributed by atoms with E-state index >= 15 is 0 Å². The van der Waals surface area contributed by atoms with Crippen LogP contribution in [0, 0.1) is 10.1 Å². The summed E-state index contributed by atoms with van der Waals surface area (Å²) in [5.74, 6) is 0. The van der Waals surface area contributed by atoms with Crippen LogP contribution >= 0.6 is 22.9 Å². The van der Waals surface area contributed by atoms with Gasteiger partial charge in [-0.05, 0) is 41.3 Å². The summed E-state index contributed by atoms with van der Waals surface area (Å²) in [6.45, 7) is 0. The van der Waals surface area contributed by atoms with Gasteiger partial charge in [-0.3, -0.25) is 15.1 Å². The van der Waals surface area contributed by atoms with E-state index < -0.39 is 4.92 Å². The van der Waals surface area contributed by atoms with Crippen molar-refractivity contribution in [1.29, 1.82) is 0 Å². The van der Waals surface area contributed by atoms with E-state index in [9.17, 15) is 10.1 Å². The van der Waals surface area contributed by atoms with Crippen LogP contribution in [0.25, 0.3) is 0 Å². The molecule has 2 aromatic carbocycles. The molecular weight excluding hydrogens is 370 g/mol. The number of nitrogens with zero attached hydrogens (tertiary/aromatic N) is 3. The Morgan fingerprint density at radius 3 is 2.46 bits per heavy atom. The Balaban J connectivity index is 1.72. The van der Waals surface area contributed by atoms with Gasteiger partial charge in [-0.1, -0.05) is 29.8 Å². The first-order valence-corrected chi connectivity index (χ1v) is 9.28. The zero-order chi connectivity index (χ0) is 18.1. The highest BCUT2D eigenvalue weighted by molar-refractivity contribution is 7.12. The van der Waals surface area contributed by atoms with Crippen LogP contribution in [0.15, 0.2) is 71.1 Å². The first-order chi connectivity index (χ1) is 12.6. The van der Waals surface area contributed by atoms with E-state index in [-0.39, 0.29) is 11.7 Å². The minimum absolute atomic E-state index is 0.0193. The smallest absolute Gasteiger partial charge is 0.258 e. The average Bonchev–Trinajstić information content (AvgIpc) is 3.32. The highest BCUT2D eigenvalue weighted by Crippen LogP contribution is 2.38. The van der Waals surface area contributed by atoms with Crippen LogP contribution in [0.4, 0.5) is 11.4 Å². The molecular formula is C19H14ClN3O2S. The van der Waals surface area contributed by atoms with Gasteiger partial charge >= 0.3 is 0 Å². The second-order valence-corrected chi connectivity index (χ2v) is 7.30. The van der Waals surface area contributed by atoms with Crippen molar-refractivity contribution in [2.45, 2.75) is 12.5 Å². The third kappa shape index (κ3) is 3.21. The van der Waals surface area contributed by atoms with Crippen molar-refractivity contribution < 1.29 is 4.92 Å². The van der Waals surface area contributed by atoms with Gasteiger partial charge in [-0.15, -0.1) is 11.3 Å². The average molecular weight is 384 g/mol. The summed E-state index contributed by atoms with van der Waals surface area (Å²) in [6, 6.07) is 18.3. The molecule has 0 aliphatic carbocycles. The lowest BCUT2D eigenvalue weighted by molar-refractivity contribution is -0.384. The summed E-state index contributed by atoms with van der Waals surface area (Å²) < 4.78 is 0. The lowest BCUT2D eigenvalue weighted by Crippen LogP contribution is -2.18. The fraction of sp³-hybridized carbons (Fsp3) is 0.105. The molecule has 7 heteroatoms. The van der Waals surface area contributed by atoms with Crippen LogP contribution < -0.4 is 5.01 Å². The maximum absolute atomic E-state index is 10.9. The lowest BCUT2D eigenvalue weighted by Gasteiger charge is -2.24. The van der Waals surface area contributed by atoms with Crippen molar-refractivity contribution in [2.75, 3.05) is 5.01 Å². The molecule has 1 aliphatic heterocycles. The topological polar surface area (TPSA) is 58.7 Å². The SMILES string of the molecule is O=[N+]([O-])c1ccc(N2N=C(c3cccs3)CC2c2ccc(Cl)cc2)cc1. The Morgan fingerprint density at radius 1 is 1.12 bits per heavy atom. The van der Waals surface area contributed by atoms with E-state index in [0.717, 1.165) is 28.3 Å². The second-order valence-electron chi connectivity index (χ2n) is 5.91. The number of hydrogen-bond acceptors (Lipinski definition) is 5. The van der Waals surface area contributed by atoms with E-state index in [1.54, 1.807) is 23.5 Å². The Labute approximate surface area is 159 Å². The van der Waals surface area contributed by atoms with Crippen LogP contribution in [0.3, 0.4) is 0 Å². The van der Waals surface area contributed by atoms with Crippen molar-refractivity contribution in [1.82, 2.24) is 0 Å². The van der Waals surface area contributed by atoms with Gasteiger partial charge in [0.1, 0.15) is 0 Å². The lowest BCUT2D eigenvalue weighted by atomic mass is 10.0. The summed E-state index contributed by atoms with van der Waals surface area (Å²) in [4.78, 5) is 11.6. The van der Waals surface area contributed by atoms with E-state index in [2.05, 4.69) is 6.07 Å². The predicted octanol–water partition coefficient (Wildman–Crippen LogP) is 5.67. The Morgan fingerprint density at radius 2 is 1.85 bits per heavy atom. The van der Waals surface area contributed by atoms with E-state index in [1.807, 2.05) is 40.7 Å². The van der Waals surface area contributed by atoms with E-state index in [4.69, 9.17) is 16.7 Å². The van der Waals surface area contributed by atoms with Gasteiger partial charge in [-0.2, -0.15) is 5.10 Å². The number of anilines is 1. The van der Waals surface area contributed by atoms with Crippen molar-refractivity contribution >= 4 is 40.0 Å². The molecule has 2 heterocycles. The number of halogens is 1. The van der Waals surface area contributed by atoms with Crippen molar-refractivity contribution in [3.8, 4) is 0 Å². The molecule has 1 unspecified atom stereocenters. The van der Waals surface area contributed by atoms with Crippen LogP contribution in [-0.4, -0.2) is 10.6 Å². The van der Waals surface area contributed by atoms with Gasteiger partial charge in [0.25, 0.3) is 5.69 Å². The number of non-ortho nitro benzene ring substituents is 1. The maximum atomic E-state index is 10.9. The largest absolute Gasteiger partial charge is 0.269 e. The number of hydrogen-bond donors (Lipinski definition) is 0. The van der Waals surface area contributed by atoms with Gasteiger partial charge in [-0.25, -0.2) is 0 Å². The fourth-order valence-electron chi connectivity index (χ4n) is 3.01. The Kier molecular flexibility index (Phi) is 4.44. The molecule has 130 valence electrons. The molecule has 0 N–H and O–H groups in total. The molecule has 0 spiro atoms. The molecule has 3 aromatic rings. The fourth-order valence-corrected chi connectivity index (χ4v) is 3.86. The van der Waals surface area contributed by atoms with Gasteiger partial charge < -0.3 is 0 Å². The molecule has 0 amide bonds. The number of benzene rings is 2. The molecule has 0 fully saturated rings. The predicted molar refractivity (Wildman–Crippen MR) is 105 cm³/mol. The Bertz CT molecular complexity index is 953. The molecule has 1 aliphatic rings. The van der Waals surface area contributed by atoms with Crippen LogP contribution in [-0.2, 0) is 0 Å². The molecule has 0 radical (unpaired) electrons. The second kappa shape index (κ2) is 6.90. The van der Waals surface area contributed by atoms with Gasteiger partial charge in [0.2, 0.25) is 0 Å². The summed E-state index contributed by atoms with van der Waals surface area (Å²) in [7, 11) is 0. The number of thiophene rings is 1. The minimum atomic E-state index is -0.398. The standard InChI is InChI=1S/C19H14ClN3O2S/c20-14-5-3-13(4-6-14)18-12-17(19-2-1-11-26-19)21-22(18)15-7-9-16(10-8-15)23(24)25/h1-11,18H,12H2. The van der Waals surface area contributed by atoms with E-state index in [0.29, 0.717) is 5.02 Å². The monoisotopic (exact) mass is 383 g/mol. The molecule has 1 aromatic heterocycles. The zero-order valence-corrected chi connectivity index (χ0v) is 15.2. The van der Waals surface area contributed by atoms with E-state index in [1.165, 1.54) is 12.1 Å². The van der Waals surface area contributed by atoms with Crippen molar-refractivity contribution in [2.24, 2.45) is 5.10 Å². The summed E-state index contributed by atoms with van der Waals surface area (Å²) in [5.41, 5.74) is 3.00. The number of hydrazone groups is 1. The zero-order valence-electron chi connectivity index (χ0n) is 13.6. The number of nitro groups is 1. The summed E-state index contributed by atoms with van der Waals surface area (Å²) in [5, 5.41) is 20.4. The summed E-state index contributed by atoms with van der Waals surface area (Å²) in [6.07, 6.45) is 0.763. The molecule has 0 bridgehead atoms. The Hall–Kier alpha value is -2.70. The first-order valence-electron chi connectivity index (χ1n) is 8.02. The quantitative estimate of drug-likeness (QED) is 0.431. The van der Waals surface area contributed by atoms with Crippen molar-refractivity contribution in [3.63, 3.8) is 0 Å². The van der Waals surface area contributed by atoms with Gasteiger partial charge in [0.05, 0.1) is 27.2 Å². The molecule has 1 atom stereocenters. The first kappa shape index (κ1) is 16.8. The number of nitro benzene ring substituents is 1. The minimum Gasteiger partial charge on any atom is -0.258 e. The molecule has 5 nitrogen and oxygen atoms in total.